The monoisotopic (exact) mass is 262 g/mol. The first-order chi connectivity index (χ1) is 9.15. The number of carbonyl (C=O) groups excluding carboxylic acids is 1. The first-order valence-electron chi connectivity index (χ1n) is 5.82. The molecule has 0 aliphatic rings. The molecular formula is C14H12F2N2O. The van der Waals surface area contributed by atoms with Gasteiger partial charge in [-0.2, -0.15) is 4.39 Å². The maximum atomic E-state index is 13.7. The van der Waals surface area contributed by atoms with Crippen molar-refractivity contribution in [2.45, 2.75) is 6.92 Å². The molecule has 2 rings (SSSR count). The van der Waals surface area contributed by atoms with E-state index in [0.29, 0.717) is 0 Å². The van der Waals surface area contributed by atoms with Crippen molar-refractivity contribution in [1.29, 1.82) is 0 Å². The summed E-state index contributed by atoms with van der Waals surface area (Å²) in [6, 6.07) is 8.67. The summed E-state index contributed by atoms with van der Waals surface area (Å²) < 4.78 is 27.2. The lowest BCUT2D eigenvalue weighted by atomic mass is 10.2. The normalized spacial score (nSPS) is 10.3. The number of aromatic nitrogens is 1. The summed E-state index contributed by atoms with van der Waals surface area (Å²) >= 11 is 0. The molecule has 0 atom stereocenters. The number of benzene rings is 1. The van der Waals surface area contributed by atoms with E-state index in [1.165, 1.54) is 41.4 Å². The second-order valence-corrected chi connectivity index (χ2v) is 3.84. The van der Waals surface area contributed by atoms with Crippen LogP contribution in [0.15, 0.2) is 42.6 Å². The minimum absolute atomic E-state index is 0.123. The van der Waals surface area contributed by atoms with E-state index in [1.807, 2.05) is 0 Å². The number of hydrogen-bond acceptors (Lipinski definition) is 2. The molecule has 5 heteroatoms. The summed E-state index contributed by atoms with van der Waals surface area (Å²) in [5, 5.41) is 0. The molecule has 0 fully saturated rings. The Kier molecular flexibility index (Phi) is 3.85. The van der Waals surface area contributed by atoms with E-state index in [2.05, 4.69) is 4.98 Å². The number of rotatable bonds is 3. The van der Waals surface area contributed by atoms with Gasteiger partial charge in [-0.1, -0.05) is 12.1 Å². The van der Waals surface area contributed by atoms with E-state index in [0.717, 1.165) is 0 Å². The minimum atomic E-state index is -0.859. The molecule has 0 saturated carbocycles. The molecule has 0 radical (unpaired) electrons. The van der Waals surface area contributed by atoms with Crippen LogP contribution in [0, 0.1) is 11.8 Å². The third kappa shape index (κ3) is 2.59. The van der Waals surface area contributed by atoms with E-state index in [-0.39, 0.29) is 17.8 Å². The van der Waals surface area contributed by atoms with Gasteiger partial charge >= 0.3 is 0 Å². The largest absolute Gasteiger partial charge is 0.306 e. The van der Waals surface area contributed by atoms with Gasteiger partial charge in [-0.15, -0.1) is 0 Å². The van der Waals surface area contributed by atoms with E-state index < -0.39 is 17.7 Å². The molecule has 2 aromatic rings. The van der Waals surface area contributed by atoms with Crippen molar-refractivity contribution in [1.82, 2.24) is 4.98 Å². The predicted octanol–water partition coefficient (Wildman–Crippen LogP) is 3.03. The Hall–Kier alpha value is -2.30. The molecule has 0 aliphatic carbocycles. The van der Waals surface area contributed by atoms with Crippen molar-refractivity contribution in [3.8, 4) is 0 Å². The molecule has 0 N–H and O–H groups in total. The Balaban J connectivity index is 2.41. The molecule has 1 aromatic carbocycles. The number of anilines is 1. The van der Waals surface area contributed by atoms with Gasteiger partial charge in [0.2, 0.25) is 5.95 Å². The molecule has 0 spiro atoms. The van der Waals surface area contributed by atoms with Gasteiger partial charge in [-0.3, -0.25) is 4.79 Å². The van der Waals surface area contributed by atoms with E-state index >= 15 is 0 Å². The van der Waals surface area contributed by atoms with Crippen LogP contribution in [0.2, 0.25) is 0 Å². The van der Waals surface area contributed by atoms with Crippen LogP contribution < -0.4 is 4.90 Å². The minimum Gasteiger partial charge on any atom is -0.306 e. The number of para-hydroxylation sites is 1. The maximum absolute atomic E-state index is 13.7. The van der Waals surface area contributed by atoms with Crippen molar-refractivity contribution in [3.05, 3.63) is 59.9 Å². The molecular weight excluding hydrogens is 250 g/mol. The number of pyridine rings is 1. The predicted molar refractivity (Wildman–Crippen MR) is 67.9 cm³/mol. The van der Waals surface area contributed by atoms with Crippen LogP contribution in [0.5, 0.6) is 0 Å². The lowest BCUT2D eigenvalue weighted by Gasteiger charge is -2.21. The van der Waals surface area contributed by atoms with Crippen molar-refractivity contribution >= 4 is 11.6 Å². The fourth-order valence-corrected chi connectivity index (χ4v) is 1.78. The SMILES string of the molecule is CCN(C(=O)c1cccnc1F)c1ccccc1F. The van der Waals surface area contributed by atoms with Crippen molar-refractivity contribution in [2.24, 2.45) is 0 Å². The molecule has 0 saturated heterocycles. The average molecular weight is 262 g/mol. The van der Waals surface area contributed by atoms with Gasteiger partial charge in [0.15, 0.2) is 0 Å². The van der Waals surface area contributed by atoms with Gasteiger partial charge in [0.05, 0.1) is 11.3 Å². The Labute approximate surface area is 109 Å². The van der Waals surface area contributed by atoms with Gasteiger partial charge in [0, 0.05) is 12.7 Å². The number of carbonyl (C=O) groups is 1. The Bertz CT molecular complexity index is 602. The van der Waals surface area contributed by atoms with Crippen molar-refractivity contribution in [3.63, 3.8) is 0 Å². The lowest BCUT2D eigenvalue weighted by molar-refractivity contribution is 0.0982. The summed E-state index contributed by atoms with van der Waals surface area (Å²) in [6.45, 7) is 1.92. The maximum Gasteiger partial charge on any atom is 0.262 e. The highest BCUT2D eigenvalue weighted by molar-refractivity contribution is 6.06. The van der Waals surface area contributed by atoms with Crippen LogP contribution in [0.4, 0.5) is 14.5 Å². The Morgan fingerprint density at radius 3 is 2.58 bits per heavy atom. The summed E-state index contributed by atoms with van der Waals surface area (Å²) in [5.74, 6) is -2.00. The van der Waals surface area contributed by atoms with E-state index in [1.54, 1.807) is 13.0 Å². The van der Waals surface area contributed by atoms with Crippen LogP contribution in [0.1, 0.15) is 17.3 Å². The van der Waals surface area contributed by atoms with Crippen molar-refractivity contribution in [2.75, 3.05) is 11.4 Å². The van der Waals surface area contributed by atoms with E-state index in [9.17, 15) is 13.6 Å². The summed E-state index contributed by atoms with van der Waals surface area (Å²) in [5.41, 5.74) is -0.0501. The van der Waals surface area contributed by atoms with Crippen molar-refractivity contribution < 1.29 is 13.6 Å². The van der Waals surface area contributed by atoms with Gasteiger partial charge < -0.3 is 4.90 Å². The number of halogens is 2. The van der Waals surface area contributed by atoms with Gasteiger partial charge in [0.1, 0.15) is 5.82 Å². The summed E-state index contributed by atoms with van der Waals surface area (Å²) in [7, 11) is 0. The number of amides is 1. The molecule has 1 aromatic heterocycles. The van der Waals surface area contributed by atoms with Crippen LogP contribution in [0.25, 0.3) is 0 Å². The van der Waals surface area contributed by atoms with Crippen LogP contribution in [-0.4, -0.2) is 17.4 Å². The van der Waals surface area contributed by atoms with E-state index in [4.69, 9.17) is 0 Å². The lowest BCUT2D eigenvalue weighted by Crippen LogP contribution is -2.32. The molecule has 0 unspecified atom stereocenters. The number of hydrogen-bond donors (Lipinski definition) is 0. The molecule has 98 valence electrons. The summed E-state index contributed by atoms with van der Waals surface area (Å²) in [4.78, 5) is 16.8. The fourth-order valence-electron chi connectivity index (χ4n) is 1.78. The molecule has 19 heavy (non-hydrogen) atoms. The van der Waals surface area contributed by atoms with Crippen LogP contribution in [0.3, 0.4) is 0 Å². The number of nitrogens with zero attached hydrogens (tertiary/aromatic N) is 2. The third-order valence-corrected chi connectivity index (χ3v) is 2.69. The van der Waals surface area contributed by atoms with Gasteiger partial charge in [-0.25, -0.2) is 9.37 Å². The second-order valence-electron chi connectivity index (χ2n) is 3.84. The quantitative estimate of drug-likeness (QED) is 0.796. The van der Waals surface area contributed by atoms with Crippen LogP contribution in [-0.2, 0) is 0 Å². The topological polar surface area (TPSA) is 33.2 Å². The third-order valence-electron chi connectivity index (χ3n) is 2.69. The zero-order valence-corrected chi connectivity index (χ0v) is 10.3. The van der Waals surface area contributed by atoms with Crippen LogP contribution >= 0.6 is 0 Å². The molecule has 3 nitrogen and oxygen atoms in total. The average Bonchev–Trinajstić information content (AvgIpc) is 2.42. The summed E-state index contributed by atoms with van der Waals surface area (Å²) in [6.07, 6.45) is 1.26. The Morgan fingerprint density at radius 1 is 1.21 bits per heavy atom. The van der Waals surface area contributed by atoms with Gasteiger partial charge in [-0.05, 0) is 31.2 Å². The Morgan fingerprint density at radius 2 is 1.95 bits per heavy atom. The van der Waals surface area contributed by atoms with Gasteiger partial charge in [0.25, 0.3) is 5.91 Å². The highest BCUT2D eigenvalue weighted by atomic mass is 19.1. The first kappa shape index (κ1) is 13.1. The highest BCUT2D eigenvalue weighted by Gasteiger charge is 2.21. The molecule has 0 bridgehead atoms. The molecule has 1 heterocycles. The fraction of sp³-hybridized carbons (Fsp3) is 0.143. The first-order valence-corrected chi connectivity index (χ1v) is 5.82. The molecule has 1 amide bonds. The second kappa shape index (κ2) is 5.56. The highest BCUT2D eigenvalue weighted by Crippen LogP contribution is 2.21. The zero-order valence-electron chi connectivity index (χ0n) is 10.3. The standard InChI is InChI=1S/C14H12F2N2O/c1-2-18(12-8-4-3-7-11(12)15)14(19)10-6-5-9-17-13(10)16/h3-9H,2H2,1H3. The zero-order chi connectivity index (χ0) is 13.8. The molecule has 0 aliphatic heterocycles. The smallest absolute Gasteiger partial charge is 0.262 e.